The van der Waals surface area contributed by atoms with E-state index in [1.54, 1.807) is 24.3 Å². The van der Waals surface area contributed by atoms with Gasteiger partial charge in [-0.1, -0.05) is 63.1 Å². The summed E-state index contributed by atoms with van der Waals surface area (Å²) < 4.78 is 52.1. The van der Waals surface area contributed by atoms with Crippen LogP contribution in [0.1, 0.15) is 53.2 Å². The second-order valence-corrected chi connectivity index (χ2v) is 12.2. The predicted octanol–water partition coefficient (Wildman–Crippen LogP) is 4.03. The molecule has 1 fully saturated rings. The summed E-state index contributed by atoms with van der Waals surface area (Å²) in [5, 5.41) is 14.9. The molecule has 0 spiro atoms. The molecule has 234 valence electrons. The minimum atomic E-state index is -4.39. The fourth-order valence-electron chi connectivity index (χ4n) is 4.85. The molecule has 0 unspecified atom stereocenters. The van der Waals surface area contributed by atoms with Crippen molar-refractivity contribution < 1.29 is 37.4 Å². The van der Waals surface area contributed by atoms with Gasteiger partial charge in [0.05, 0.1) is 25.0 Å². The molecule has 4 rings (SSSR count). The number of nitrogens with one attached hydrogen (secondary N) is 2. The third-order valence-electron chi connectivity index (χ3n) is 7.43. The molecule has 0 bridgehead atoms. The first-order valence-corrected chi connectivity index (χ1v) is 15.7. The summed E-state index contributed by atoms with van der Waals surface area (Å²) in [6, 6.07) is 11.3. The molecule has 43 heavy (non-hydrogen) atoms. The monoisotopic (exact) mass is 621 g/mol. The van der Waals surface area contributed by atoms with E-state index in [0.29, 0.717) is 11.6 Å². The number of hydrogen-bond acceptors (Lipinski definition) is 9. The highest BCUT2D eigenvalue weighted by Crippen LogP contribution is 2.49. The van der Waals surface area contributed by atoms with Gasteiger partial charge in [-0.05, 0) is 31.2 Å². The Morgan fingerprint density at radius 2 is 1.88 bits per heavy atom. The van der Waals surface area contributed by atoms with Crippen molar-refractivity contribution >= 4 is 24.5 Å². The molecule has 3 aromatic rings. The molecule has 0 aliphatic carbocycles. The van der Waals surface area contributed by atoms with Gasteiger partial charge in [0.2, 0.25) is 5.82 Å². The third kappa shape index (κ3) is 7.79. The van der Waals surface area contributed by atoms with Gasteiger partial charge < -0.3 is 19.1 Å². The zero-order chi connectivity index (χ0) is 31.3. The molecule has 2 heterocycles. The fourth-order valence-corrected chi connectivity index (χ4v) is 6.56. The van der Waals surface area contributed by atoms with Crippen LogP contribution in [-0.2, 0) is 23.4 Å². The Bertz CT molecular complexity index is 1590. The smallest absolute Gasteiger partial charge is 0.459 e. The summed E-state index contributed by atoms with van der Waals surface area (Å²) in [7, 11) is -4.39. The maximum Gasteiger partial charge on any atom is 0.459 e. The second kappa shape index (κ2) is 14.0. The molecule has 0 amide bonds. The van der Waals surface area contributed by atoms with Crippen LogP contribution in [0, 0.1) is 11.7 Å². The van der Waals surface area contributed by atoms with Crippen molar-refractivity contribution in [1.29, 1.82) is 0 Å². The van der Waals surface area contributed by atoms with Crippen LogP contribution >= 0.6 is 7.75 Å². The molecule has 14 heteroatoms. The van der Waals surface area contributed by atoms with Crippen molar-refractivity contribution in [3.63, 3.8) is 0 Å². The van der Waals surface area contributed by atoms with E-state index in [9.17, 15) is 28.4 Å². The maximum atomic E-state index is 14.3. The second-order valence-electron chi connectivity index (χ2n) is 10.5. The van der Waals surface area contributed by atoms with Gasteiger partial charge >= 0.3 is 19.4 Å². The summed E-state index contributed by atoms with van der Waals surface area (Å²) >= 11 is 0. The van der Waals surface area contributed by atoms with Gasteiger partial charge in [0.15, 0.2) is 0 Å². The van der Waals surface area contributed by atoms with E-state index < -0.39 is 61.4 Å². The lowest BCUT2D eigenvalue weighted by Crippen LogP contribution is -2.39. The number of halogens is 1. The van der Waals surface area contributed by atoms with Gasteiger partial charge in [0, 0.05) is 11.8 Å². The molecule has 1 aromatic heterocycles. The molecule has 3 N–H and O–H groups in total. The quantitative estimate of drug-likeness (QED) is 0.188. The Hall–Kier alpha value is -3.35. The fraction of sp³-hybridized carbons (Fsp3) is 0.483. The predicted molar refractivity (Wildman–Crippen MR) is 156 cm³/mol. The van der Waals surface area contributed by atoms with Crippen molar-refractivity contribution in [3.05, 3.63) is 75.3 Å². The Kier molecular flexibility index (Phi) is 10.6. The number of aromatic amines is 1. The van der Waals surface area contributed by atoms with Crippen molar-refractivity contribution in [1.82, 2.24) is 14.6 Å². The zero-order valence-electron chi connectivity index (χ0n) is 24.4. The first-order valence-electron chi connectivity index (χ1n) is 14.2. The molecular weight excluding hydrogens is 584 g/mol. The molecule has 12 nitrogen and oxygen atoms in total. The minimum absolute atomic E-state index is 0.148. The number of hydrogen-bond donors (Lipinski definition) is 3. The lowest BCUT2D eigenvalue weighted by atomic mass is 10.1. The average Bonchev–Trinajstić information content (AvgIpc) is 3.36. The van der Waals surface area contributed by atoms with Crippen LogP contribution in [0.5, 0.6) is 5.75 Å². The summed E-state index contributed by atoms with van der Waals surface area (Å²) in [6.45, 7) is 7.15. The van der Waals surface area contributed by atoms with Crippen molar-refractivity contribution in [2.24, 2.45) is 5.92 Å². The van der Waals surface area contributed by atoms with E-state index in [2.05, 4.69) is 5.09 Å². The molecule has 0 radical (unpaired) electrons. The highest BCUT2D eigenvalue weighted by molar-refractivity contribution is 7.52. The van der Waals surface area contributed by atoms with Crippen LogP contribution in [0.25, 0.3) is 10.8 Å². The Morgan fingerprint density at radius 1 is 1.19 bits per heavy atom. The number of ether oxygens (including phenoxy) is 2. The molecule has 1 aliphatic heterocycles. The van der Waals surface area contributed by atoms with Crippen LogP contribution < -0.4 is 20.9 Å². The summed E-state index contributed by atoms with van der Waals surface area (Å²) in [4.78, 5) is 38.4. The van der Waals surface area contributed by atoms with Crippen LogP contribution in [-0.4, -0.2) is 51.6 Å². The van der Waals surface area contributed by atoms with Gasteiger partial charge in [-0.25, -0.2) is 9.36 Å². The largest absolute Gasteiger partial charge is 0.464 e. The highest BCUT2D eigenvalue weighted by Gasteiger charge is 2.44. The van der Waals surface area contributed by atoms with Crippen molar-refractivity contribution in [3.8, 4) is 5.75 Å². The topological polar surface area (TPSA) is 158 Å². The number of aromatic nitrogens is 2. The number of H-pyrrole nitrogens is 1. The summed E-state index contributed by atoms with van der Waals surface area (Å²) in [5.74, 6) is -1.45. The number of rotatable bonds is 13. The van der Waals surface area contributed by atoms with Gasteiger partial charge in [0.1, 0.15) is 24.1 Å². The Morgan fingerprint density at radius 3 is 2.60 bits per heavy atom. The Labute approximate surface area is 247 Å². The first-order chi connectivity index (χ1) is 20.4. The highest BCUT2D eigenvalue weighted by atomic mass is 31.2. The maximum absolute atomic E-state index is 14.3. The minimum Gasteiger partial charge on any atom is -0.464 e. The van der Waals surface area contributed by atoms with Crippen molar-refractivity contribution in [2.45, 2.75) is 77.5 Å². The van der Waals surface area contributed by atoms with Crippen LogP contribution in [0.2, 0.25) is 0 Å². The first kappa shape index (κ1) is 32.6. The molecule has 2 aromatic carbocycles. The number of aliphatic hydroxyl groups is 1. The molecular formula is C29H37FN3O9P. The van der Waals surface area contributed by atoms with E-state index in [1.165, 1.54) is 13.8 Å². The van der Waals surface area contributed by atoms with E-state index in [1.807, 2.05) is 37.0 Å². The summed E-state index contributed by atoms with van der Waals surface area (Å²) in [6.07, 6.45) is -2.43. The van der Waals surface area contributed by atoms with Crippen molar-refractivity contribution in [2.75, 3.05) is 6.61 Å². The number of esters is 1. The number of nitrogens with zero attached hydrogens (tertiary/aromatic N) is 1. The lowest BCUT2D eigenvalue weighted by Gasteiger charge is -2.29. The number of aliphatic hydroxyl groups excluding tert-OH is 1. The number of fused-ring (bicyclic) bond motifs is 1. The van der Waals surface area contributed by atoms with Gasteiger partial charge in [0.25, 0.3) is 5.56 Å². The van der Waals surface area contributed by atoms with Gasteiger partial charge in [-0.2, -0.15) is 9.48 Å². The van der Waals surface area contributed by atoms with Gasteiger partial charge in [-0.3, -0.25) is 23.7 Å². The zero-order valence-corrected chi connectivity index (χ0v) is 25.3. The molecule has 1 aliphatic rings. The van der Waals surface area contributed by atoms with Crippen LogP contribution in [0.3, 0.4) is 0 Å². The van der Waals surface area contributed by atoms with E-state index >= 15 is 0 Å². The van der Waals surface area contributed by atoms with E-state index in [4.69, 9.17) is 18.5 Å². The molecule has 1 saturated heterocycles. The number of carbonyl (C=O) groups is 1. The van der Waals surface area contributed by atoms with Crippen LogP contribution in [0.15, 0.2) is 58.3 Å². The Balaban J connectivity index is 1.57. The normalized spacial score (nSPS) is 21.4. The lowest BCUT2D eigenvalue weighted by molar-refractivity contribution is -0.146. The SMILES string of the molecule is CCC(CC)COC(=O)[C@H](C)N[P@@](=O)(Oc1cccc2ccccc12)O[C@H](C)[C@H]1O[C@@H](n2cc(F)c(=O)[nH]c2=O)C[C@@H]1O. The number of benzene rings is 2. The standard InChI is InChI=1S/C29H37FN3O9P/c1-5-19(6-2)16-39-28(36)17(3)32-43(38,42-24-13-9-11-20-10-7-8-12-21(20)24)41-18(4)26-23(34)14-25(40-26)33-15-22(30)27(35)31-29(33)37/h7-13,15,17-19,23,25-26,34H,5-6,14,16H2,1-4H3,(H,32,38)(H,31,35,37)/t17-,18+,23-,25+,26+,43-/m0/s1. The third-order valence-corrected chi connectivity index (χ3v) is 9.18. The number of carbonyl (C=O) groups excluding carboxylic acids is 1. The average molecular weight is 622 g/mol. The molecule has 0 saturated carbocycles. The molecule has 6 atom stereocenters. The summed E-state index contributed by atoms with van der Waals surface area (Å²) in [5.41, 5.74) is -2.11. The van der Waals surface area contributed by atoms with E-state index in [-0.39, 0.29) is 24.7 Å². The van der Waals surface area contributed by atoms with Gasteiger partial charge in [-0.15, -0.1) is 0 Å². The van der Waals surface area contributed by atoms with Crippen LogP contribution in [0.4, 0.5) is 4.39 Å². The van der Waals surface area contributed by atoms with E-state index in [0.717, 1.165) is 22.8 Å².